The topological polar surface area (TPSA) is 17.1 Å². The molecule has 2 atom stereocenters. The van der Waals surface area contributed by atoms with E-state index in [0.29, 0.717) is 4.47 Å². The zero-order valence-electron chi connectivity index (χ0n) is 8.43. The molecule has 0 aromatic heterocycles. The van der Waals surface area contributed by atoms with Gasteiger partial charge in [0.2, 0.25) is 0 Å². The average molecular weight is 338 g/mol. The fourth-order valence-electron chi connectivity index (χ4n) is 1.32. The molecule has 0 radical (unpaired) electrons. The summed E-state index contributed by atoms with van der Waals surface area (Å²) in [6, 6.07) is 4.92. The van der Waals surface area contributed by atoms with Gasteiger partial charge in [-0.05, 0) is 40.5 Å². The molecule has 0 N–H and O–H groups in total. The largest absolute Gasteiger partial charge is 0.299 e. The summed E-state index contributed by atoms with van der Waals surface area (Å²) in [7, 11) is 0. The molecule has 0 amide bonds. The number of alkyl halides is 1. The number of Topliss-reactive ketones (excluding diaryl/α,β-unsaturated/α-hetero) is 1. The molecule has 2 unspecified atom stereocenters. The molecular weight excluding hydrogens is 327 g/mol. The summed E-state index contributed by atoms with van der Waals surface area (Å²) >= 11 is 6.39. The lowest BCUT2D eigenvalue weighted by molar-refractivity contribution is -0.116. The number of halogens is 3. The molecule has 0 saturated carbocycles. The van der Waals surface area contributed by atoms with Crippen LogP contribution in [0.15, 0.2) is 22.7 Å². The first-order valence-electron chi connectivity index (χ1n) is 4.53. The smallest absolute Gasteiger partial charge is 0.144 e. The molecule has 82 valence electrons. The molecule has 0 aliphatic rings. The van der Waals surface area contributed by atoms with Crippen molar-refractivity contribution in [1.82, 2.24) is 0 Å². The van der Waals surface area contributed by atoms with Crippen molar-refractivity contribution >= 4 is 37.6 Å². The molecule has 15 heavy (non-hydrogen) atoms. The first-order valence-corrected chi connectivity index (χ1v) is 6.24. The van der Waals surface area contributed by atoms with Gasteiger partial charge in [0.1, 0.15) is 11.6 Å². The maximum atomic E-state index is 13.3. The Hall–Kier alpha value is -0.220. The minimum atomic E-state index is -0.303. The van der Waals surface area contributed by atoms with E-state index in [1.165, 1.54) is 13.0 Å². The minimum absolute atomic E-state index is 0.0369. The zero-order chi connectivity index (χ0) is 11.6. The zero-order valence-corrected chi connectivity index (χ0v) is 11.6. The van der Waals surface area contributed by atoms with Gasteiger partial charge in [-0.3, -0.25) is 4.79 Å². The molecule has 0 bridgehead atoms. The van der Waals surface area contributed by atoms with E-state index in [1.54, 1.807) is 6.07 Å². The Morgan fingerprint density at radius 2 is 2.07 bits per heavy atom. The van der Waals surface area contributed by atoms with E-state index < -0.39 is 0 Å². The third kappa shape index (κ3) is 3.11. The van der Waals surface area contributed by atoms with Crippen molar-refractivity contribution in [3.63, 3.8) is 0 Å². The van der Waals surface area contributed by atoms with Gasteiger partial charge < -0.3 is 0 Å². The molecule has 0 saturated heterocycles. The Morgan fingerprint density at radius 1 is 1.47 bits per heavy atom. The first kappa shape index (κ1) is 12.8. The highest BCUT2D eigenvalue weighted by Gasteiger charge is 2.20. The lowest BCUT2D eigenvalue weighted by atomic mass is 9.96. The number of hydrogen-bond donors (Lipinski definition) is 0. The van der Waals surface area contributed by atoms with Crippen LogP contribution >= 0.6 is 31.9 Å². The van der Waals surface area contributed by atoms with Crippen molar-refractivity contribution in [1.29, 1.82) is 0 Å². The van der Waals surface area contributed by atoms with Crippen LogP contribution in [-0.2, 0) is 4.79 Å². The summed E-state index contributed by atoms with van der Waals surface area (Å²) in [6.07, 6.45) is 0. The van der Waals surface area contributed by atoms with Crippen molar-refractivity contribution in [3.8, 4) is 0 Å². The summed E-state index contributed by atoms with van der Waals surface area (Å²) in [5, 5.41) is 0. The van der Waals surface area contributed by atoms with Crippen LogP contribution < -0.4 is 0 Å². The van der Waals surface area contributed by atoms with Crippen molar-refractivity contribution in [2.45, 2.75) is 24.6 Å². The summed E-state index contributed by atoms with van der Waals surface area (Å²) in [6.45, 7) is 3.41. The predicted octanol–water partition coefficient (Wildman–Crippen LogP) is 4.04. The van der Waals surface area contributed by atoms with Gasteiger partial charge in [-0.25, -0.2) is 4.39 Å². The van der Waals surface area contributed by atoms with Crippen LogP contribution in [0.1, 0.15) is 25.3 Å². The van der Waals surface area contributed by atoms with Crippen molar-refractivity contribution in [2.24, 2.45) is 0 Å². The second-order valence-corrected chi connectivity index (χ2v) is 5.32. The van der Waals surface area contributed by atoms with Crippen LogP contribution in [0.3, 0.4) is 0 Å². The average Bonchev–Trinajstić information content (AvgIpc) is 2.19. The fourth-order valence-corrected chi connectivity index (χ4v) is 1.87. The molecule has 0 aliphatic carbocycles. The maximum Gasteiger partial charge on any atom is 0.144 e. The van der Waals surface area contributed by atoms with Crippen molar-refractivity contribution in [3.05, 3.63) is 34.1 Å². The third-order valence-electron chi connectivity index (χ3n) is 2.30. The Morgan fingerprint density at radius 3 is 2.53 bits per heavy atom. The number of ketones is 1. The van der Waals surface area contributed by atoms with Crippen LogP contribution in [-0.4, -0.2) is 10.6 Å². The molecule has 1 aromatic carbocycles. The SMILES string of the molecule is CC(=O)C(Br)C(C)c1ccc(Br)c(F)c1. The molecular formula is C11H11Br2FO. The molecule has 4 heteroatoms. The summed E-state index contributed by atoms with van der Waals surface area (Å²) < 4.78 is 13.7. The normalized spacial score (nSPS) is 14.7. The van der Waals surface area contributed by atoms with Crippen molar-refractivity contribution < 1.29 is 9.18 Å². The second kappa shape index (κ2) is 5.21. The molecule has 0 heterocycles. The lowest BCUT2D eigenvalue weighted by Crippen LogP contribution is -2.17. The van der Waals surface area contributed by atoms with E-state index in [2.05, 4.69) is 31.9 Å². The monoisotopic (exact) mass is 336 g/mol. The van der Waals surface area contributed by atoms with E-state index in [0.717, 1.165) is 5.56 Å². The Labute approximate surface area is 105 Å². The maximum absolute atomic E-state index is 13.3. The number of carbonyl (C=O) groups is 1. The van der Waals surface area contributed by atoms with Crippen LogP contribution in [0.2, 0.25) is 0 Å². The Balaban J connectivity index is 2.96. The van der Waals surface area contributed by atoms with E-state index in [4.69, 9.17) is 0 Å². The van der Waals surface area contributed by atoms with E-state index >= 15 is 0 Å². The summed E-state index contributed by atoms with van der Waals surface area (Å²) in [5.41, 5.74) is 0.813. The van der Waals surface area contributed by atoms with Gasteiger partial charge in [-0.1, -0.05) is 28.9 Å². The predicted molar refractivity (Wildman–Crippen MR) is 65.9 cm³/mol. The second-order valence-electron chi connectivity index (χ2n) is 3.47. The first-order chi connectivity index (χ1) is 6.93. The van der Waals surface area contributed by atoms with Gasteiger partial charge in [0.15, 0.2) is 0 Å². The quantitative estimate of drug-likeness (QED) is 0.760. The van der Waals surface area contributed by atoms with Crippen LogP contribution in [0.4, 0.5) is 4.39 Å². The molecule has 1 nitrogen and oxygen atoms in total. The van der Waals surface area contributed by atoms with Crippen molar-refractivity contribution in [2.75, 3.05) is 0 Å². The van der Waals surface area contributed by atoms with Gasteiger partial charge in [-0.2, -0.15) is 0 Å². The van der Waals surface area contributed by atoms with E-state index in [1.807, 2.05) is 13.0 Å². The molecule has 1 aromatic rings. The number of carbonyl (C=O) groups excluding carboxylic acids is 1. The highest BCUT2D eigenvalue weighted by atomic mass is 79.9. The van der Waals surface area contributed by atoms with Gasteiger partial charge in [0.25, 0.3) is 0 Å². The van der Waals surface area contributed by atoms with E-state index in [-0.39, 0.29) is 22.3 Å². The van der Waals surface area contributed by atoms with Crippen LogP contribution in [0.5, 0.6) is 0 Å². The molecule has 0 aliphatic heterocycles. The Kier molecular flexibility index (Phi) is 4.46. The van der Waals surface area contributed by atoms with Crippen LogP contribution in [0, 0.1) is 5.82 Å². The summed E-state index contributed by atoms with van der Waals surface area (Å²) in [5.74, 6) is -0.293. The van der Waals surface area contributed by atoms with Crippen LogP contribution in [0.25, 0.3) is 0 Å². The highest BCUT2D eigenvalue weighted by Crippen LogP contribution is 2.27. The lowest BCUT2D eigenvalue weighted by Gasteiger charge is -2.16. The van der Waals surface area contributed by atoms with Gasteiger partial charge in [-0.15, -0.1) is 0 Å². The minimum Gasteiger partial charge on any atom is -0.299 e. The molecule has 0 fully saturated rings. The highest BCUT2D eigenvalue weighted by molar-refractivity contribution is 9.10. The molecule has 0 spiro atoms. The van der Waals surface area contributed by atoms with Gasteiger partial charge >= 0.3 is 0 Å². The third-order valence-corrected chi connectivity index (χ3v) is 4.38. The number of hydrogen-bond acceptors (Lipinski definition) is 1. The number of rotatable bonds is 3. The summed E-state index contributed by atoms with van der Waals surface area (Å²) in [4.78, 5) is 10.9. The van der Waals surface area contributed by atoms with Gasteiger partial charge in [0.05, 0.1) is 9.30 Å². The number of benzene rings is 1. The Bertz CT molecular complexity index is 379. The van der Waals surface area contributed by atoms with E-state index in [9.17, 15) is 9.18 Å². The standard InChI is InChI=1S/C11H11Br2FO/c1-6(11(13)7(2)15)8-3-4-9(12)10(14)5-8/h3-6,11H,1-2H3. The van der Waals surface area contributed by atoms with Gasteiger partial charge in [0, 0.05) is 5.92 Å². The molecule has 1 rings (SSSR count). The fraction of sp³-hybridized carbons (Fsp3) is 0.364.